The van der Waals surface area contributed by atoms with Crippen molar-refractivity contribution in [3.63, 3.8) is 0 Å². The zero-order chi connectivity index (χ0) is 15.2. The van der Waals surface area contributed by atoms with Gasteiger partial charge in [0.15, 0.2) is 11.5 Å². The normalized spacial score (nSPS) is 21.0. The fourth-order valence-electron chi connectivity index (χ4n) is 2.77. The lowest BCUT2D eigenvalue weighted by molar-refractivity contribution is 0.308. The fraction of sp³-hybridized carbons (Fsp3) is 0.562. The van der Waals surface area contributed by atoms with E-state index in [1.807, 2.05) is 19.1 Å². The molecule has 114 valence electrons. The van der Waals surface area contributed by atoms with Crippen molar-refractivity contribution in [3.8, 4) is 17.6 Å². The Bertz CT molecular complexity index is 528. The zero-order valence-corrected chi connectivity index (χ0v) is 14.1. The summed E-state index contributed by atoms with van der Waals surface area (Å²) in [4.78, 5) is 0. The van der Waals surface area contributed by atoms with Gasteiger partial charge in [-0.05, 0) is 53.4 Å². The molecule has 0 saturated heterocycles. The molecule has 1 saturated carbocycles. The molecule has 0 radical (unpaired) electrons. The lowest BCUT2D eigenvalue weighted by Gasteiger charge is -2.17. The van der Waals surface area contributed by atoms with Crippen molar-refractivity contribution in [3.05, 3.63) is 22.2 Å². The van der Waals surface area contributed by atoms with E-state index in [2.05, 4.69) is 27.3 Å². The lowest BCUT2D eigenvalue weighted by Crippen LogP contribution is -2.31. The number of methoxy groups -OCH3 is 1. The summed E-state index contributed by atoms with van der Waals surface area (Å²) in [5.74, 6) is 1.60. The second-order valence-corrected chi connectivity index (χ2v) is 6.05. The van der Waals surface area contributed by atoms with Gasteiger partial charge in [-0.1, -0.05) is 6.42 Å². The Morgan fingerprint density at radius 1 is 1.43 bits per heavy atom. The van der Waals surface area contributed by atoms with Gasteiger partial charge in [-0.3, -0.25) is 0 Å². The van der Waals surface area contributed by atoms with Gasteiger partial charge in [0.1, 0.15) is 0 Å². The largest absolute Gasteiger partial charge is 0.493 e. The molecule has 0 aromatic heterocycles. The van der Waals surface area contributed by atoms with Gasteiger partial charge in [0.2, 0.25) is 0 Å². The molecule has 1 aliphatic carbocycles. The molecule has 1 aromatic carbocycles. The van der Waals surface area contributed by atoms with E-state index in [-0.39, 0.29) is 5.92 Å². The van der Waals surface area contributed by atoms with E-state index in [1.54, 1.807) is 7.11 Å². The summed E-state index contributed by atoms with van der Waals surface area (Å²) >= 11 is 3.53. The number of nitrogens with zero attached hydrogens (tertiary/aromatic N) is 1. The minimum Gasteiger partial charge on any atom is -0.493 e. The summed E-state index contributed by atoms with van der Waals surface area (Å²) < 4.78 is 11.9. The van der Waals surface area contributed by atoms with E-state index in [1.165, 1.54) is 0 Å². The van der Waals surface area contributed by atoms with E-state index in [0.717, 1.165) is 47.3 Å². The average Bonchev–Trinajstić information content (AvgIpc) is 2.95. The summed E-state index contributed by atoms with van der Waals surface area (Å²) in [6.07, 6.45) is 3.21. The fourth-order valence-corrected chi connectivity index (χ4v) is 3.37. The topological polar surface area (TPSA) is 54.3 Å². The van der Waals surface area contributed by atoms with E-state index in [0.29, 0.717) is 12.6 Å². The van der Waals surface area contributed by atoms with Gasteiger partial charge in [0.05, 0.1) is 30.2 Å². The summed E-state index contributed by atoms with van der Waals surface area (Å²) in [6, 6.07) is 6.71. The van der Waals surface area contributed by atoms with Gasteiger partial charge in [-0.25, -0.2) is 0 Å². The van der Waals surface area contributed by atoms with Crippen molar-refractivity contribution in [2.24, 2.45) is 5.92 Å². The molecular formula is C16H21BrN2O2. The molecule has 1 aliphatic rings. The summed E-state index contributed by atoms with van der Waals surface area (Å²) in [7, 11) is 1.64. The minimum atomic E-state index is 0.137. The van der Waals surface area contributed by atoms with Crippen LogP contribution in [0.25, 0.3) is 0 Å². The van der Waals surface area contributed by atoms with Gasteiger partial charge in [0.25, 0.3) is 0 Å². The van der Waals surface area contributed by atoms with Gasteiger partial charge < -0.3 is 14.8 Å². The van der Waals surface area contributed by atoms with E-state index in [9.17, 15) is 0 Å². The van der Waals surface area contributed by atoms with Gasteiger partial charge in [-0.15, -0.1) is 0 Å². The first-order valence-electron chi connectivity index (χ1n) is 7.31. The van der Waals surface area contributed by atoms with Crippen LogP contribution in [0.1, 0.15) is 31.7 Å². The number of nitrogens with one attached hydrogen (secondary N) is 1. The molecule has 2 unspecified atom stereocenters. The van der Waals surface area contributed by atoms with Gasteiger partial charge >= 0.3 is 0 Å². The second-order valence-electron chi connectivity index (χ2n) is 5.20. The molecule has 1 fully saturated rings. The van der Waals surface area contributed by atoms with Crippen molar-refractivity contribution >= 4 is 15.9 Å². The number of ether oxygens (including phenoxy) is 2. The maximum absolute atomic E-state index is 9.12. The van der Waals surface area contributed by atoms with Crippen molar-refractivity contribution in [1.82, 2.24) is 5.32 Å². The summed E-state index contributed by atoms with van der Waals surface area (Å²) in [6.45, 7) is 3.27. The Labute approximate surface area is 134 Å². The highest BCUT2D eigenvalue weighted by Crippen LogP contribution is 2.36. The molecule has 2 atom stereocenters. The Morgan fingerprint density at radius 3 is 2.90 bits per heavy atom. The molecule has 0 heterocycles. The quantitative estimate of drug-likeness (QED) is 0.848. The van der Waals surface area contributed by atoms with E-state index in [4.69, 9.17) is 14.7 Å². The highest BCUT2D eigenvalue weighted by molar-refractivity contribution is 9.10. The zero-order valence-electron chi connectivity index (χ0n) is 12.5. The SMILES string of the molecule is CCOc1c(Br)cc(CNC2CCCC2C#N)cc1OC. The molecule has 1 aromatic rings. The van der Waals surface area contributed by atoms with Crippen LogP contribution < -0.4 is 14.8 Å². The molecule has 0 bridgehead atoms. The number of nitriles is 1. The predicted octanol–water partition coefficient (Wildman–Crippen LogP) is 3.64. The predicted molar refractivity (Wildman–Crippen MR) is 85.4 cm³/mol. The molecule has 4 nitrogen and oxygen atoms in total. The van der Waals surface area contributed by atoms with Crippen LogP contribution >= 0.6 is 15.9 Å². The van der Waals surface area contributed by atoms with Crippen molar-refractivity contribution in [2.45, 2.75) is 38.8 Å². The standard InChI is InChI=1S/C16H21BrN2O2/c1-3-21-16-13(17)7-11(8-15(16)20-2)10-19-14-6-4-5-12(14)9-18/h7-8,12,14,19H,3-6,10H2,1-2H3. The molecule has 0 amide bonds. The summed E-state index contributed by atoms with van der Waals surface area (Å²) in [5.41, 5.74) is 1.12. The van der Waals surface area contributed by atoms with Gasteiger partial charge in [0, 0.05) is 12.6 Å². The molecule has 0 aliphatic heterocycles. The number of halogens is 1. The second kappa shape index (κ2) is 7.67. The Kier molecular flexibility index (Phi) is 5.89. The average molecular weight is 353 g/mol. The molecular weight excluding hydrogens is 332 g/mol. The number of benzene rings is 1. The van der Waals surface area contributed by atoms with Crippen LogP contribution in [0.3, 0.4) is 0 Å². The van der Waals surface area contributed by atoms with Gasteiger partial charge in [-0.2, -0.15) is 5.26 Å². The smallest absolute Gasteiger partial charge is 0.175 e. The molecule has 21 heavy (non-hydrogen) atoms. The summed E-state index contributed by atoms with van der Waals surface area (Å²) in [5, 5.41) is 12.6. The monoisotopic (exact) mass is 352 g/mol. The maximum atomic E-state index is 9.12. The highest BCUT2D eigenvalue weighted by atomic mass is 79.9. The molecule has 5 heteroatoms. The Morgan fingerprint density at radius 2 is 2.24 bits per heavy atom. The van der Waals surface area contributed by atoms with Crippen molar-refractivity contribution in [2.75, 3.05) is 13.7 Å². The highest BCUT2D eigenvalue weighted by Gasteiger charge is 2.26. The van der Waals surface area contributed by atoms with Crippen molar-refractivity contribution < 1.29 is 9.47 Å². The number of rotatable bonds is 6. The maximum Gasteiger partial charge on any atom is 0.175 e. The first-order valence-corrected chi connectivity index (χ1v) is 8.11. The van der Waals surface area contributed by atoms with Crippen LogP contribution in [0.15, 0.2) is 16.6 Å². The minimum absolute atomic E-state index is 0.137. The van der Waals surface area contributed by atoms with Crippen LogP contribution in [-0.4, -0.2) is 19.8 Å². The van der Waals surface area contributed by atoms with Crippen LogP contribution in [0.4, 0.5) is 0 Å². The molecule has 0 spiro atoms. The van der Waals surface area contributed by atoms with Crippen LogP contribution in [0.2, 0.25) is 0 Å². The van der Waals surface area contributed by atoms with Crippen LogP contribution in [0, 0.1) is 17.2 Å². The number of hydrogen-bond acceptors (Lipinski definition) is 4. The Hall–Kier alpha value is -1.25. The van der Waals surface area contributed by atoms with E-state index >= 15 is 0 Å². The third kappa shape index (κ3) is 3.90. The Balaban J connectivity index is 2.07. The number of hydrogen-bond donors (Lipinski definition) is 1. The molecule has 2 rings (SSSR count). The third-order valence-electron chi connectivity index (χ3n) is 3.83. The van der Waals surface area contributed by atoms with Crippen LogP contribution in [0.5, 0.6) is 11.5 Å². The van der Waals surface area contributed by atoms with Crippen molar-refractivity contribution in [1.29, 1.82) is 5.26 Å². The first kappa shape index (κ1) is 16.1. The molecule has 1 N–H and O–H groups in total. The van der Waals surface area contributed by atoms with Crippen LogP contribution in [-0.2, 0) is 6.54 Å². The van der Waals surface area contributed by atoms with E-state index < -0.39 is 0 Å². The third-order valence-corrected chi connectivity index (χ3v) is 4.42. The first-order chi connectivity index (χ1) is 10.2. The lowest BCUT2D eigenvalue weighted by atomic mass is 10.1.